The van der Waals surface area contributed by atoms with Crippen molar-refractivity contribution in [2.24, 2.45) is 0 Å². The van der Waals surface area contributed by atoms with Crippen LogP contribution in [0.3, 0.4) is 0 Å². The van der Waals surface area contributed by atoms with Gasteiger partial charge in [-0.25, -0.2) is 8.88 Å². The third-order valence-corrected chi connectivity index (χ3v) is 4.83. The quantitative estimate of drug-likeness (QED) is 0.617. The van der Waals surface area contributed by atoms with Crippen LogP contribution in [0.2, 0.25) is 0 Å². The monoisotopic (exact) mass is 253 g/mol. The molecule has 13 heavy (non-hydrogen) atoms. The molecule has 0 aromatic carbocycles. The first kappa shape index (κ1) is 13.4. The van der Waals surface area contributed by atoms with Crippen LogP contribution in [0.5, 0.6) is 0 Å². The first-order chi connectivity index (χ1) is 5.68. The summed E-state index contributed by atoms with van der Waals surface area (Å²) in [5, 5.41) is 0. The van der Waals surface area contributed by atoms with E-state index in [4.69, 9.17) is 14.7 Å². The molecule has 78 valence electrons. The van der Waals surface area contributed by atoms with Gasteiger partial charge in [0.1, 0.15) is 0 Å². The van der Waals surface area contributed by atoms with Crippen LogP contribution in [-0.4, -0.2) is 20.8 Å². The Morgan fingerprint density at radius 1 is 1.38 bits per heavy atom. The van der Waals surface area contributed by atoms with E-state index >= 15 is 0 Å². The van der Waals surface area contributed by atoms with Crippen molar-refractivity contribution in [2.75, 3.05) is 6.16 Å². The SMILES string of the molecule is CCP(=O)(O)OP(=O)(O)O[P+](=O)O. The summed E-state index contributed by atoms with van der Waals surface area (Å²) in [4.78, 5) is 25.4. The first-order valence-electron chi connectivity index (χ1n) is 2.90. The van der Waals surface area contributed by atoms with Crippen LogP contribution < -0.4 is 0 Å². The van der Waals surface area contributed by atoms with E-state index in [-0.39, 0.29) is 0 Å². The molecule has 0 saturated carbocycles. The lowest BCUT2D eigenvalue weighted by atomic mass is 11.0. The van der Waals surface area contributed by atoms with Gasteiger partial charge in [-0.05, 0) is 4.31 Å². The minimum absolute atomic E-state index is 0.414. The van der Waals surface area contributed by atoms with Crippen molar-refractivity contribution in [1.82, 2.24) is 0 Å². The molecular weight excluding hydrogens is 245 g/mol. The molecule has 0 aromatic rings. The van der Waals surface area contributed by atoms with Gasteiger partial charge in [0.2, 0.25) is 0 Å². The molecule has 3 unspecified atom stereocenters. The molecule has 0 bridgehead atoms. The second-order valence-electron chi connectivity index (χ2n) is 1.82. The van der Waals surface area contributed by atoms with E-state index < -0.39 is 29.8 Å². The Bertz CT molecular complexity index is 283. The Morgan fingerprint density at radius 3 is 2.15 bits per heavy atom. The van der Waals surface area contributed by atoms with E-state index in [1.165, 1.54) is 6.92 Å². The van der Waals surface area contributed by atoms with E-state index in [1.54, 1.807) is 0 Å². The minimum atomic E-state index is -4.93. The summed E-state index contributed by atoms with van der Waals surface area (Å²) < 4.78 is 38.5. The van der Waals surface area contributed by atoms with E-state index in [2.05, 4.69) is 8.62 Å². The fourth-order valence-electron chi connectivity index (χ4n) is 0.322. The molecule has 0 rings (SSSR count). The molecule has 11 heteroatoms. The molecule has 0 aliphatic rings. The van der Waals surface area contributed by atoms with Gasteiger partial charge in [-0.15, -0.1) is 4.89 Å². The number of hydrogen-bond acceptors (Lipinski definition) is 5. The zero-order chi connectivity index (χ0) is 10.7. The molecule has 8 nitrogen and oxygen atoms in total. The summed E-state index contributed by atoms with van der Waals surface area (Å²) in [6, 6.07) is 0. The van der Waals surface area contributed by atoms with Crippen molar-refractivity contribution in [3.8, 4) is 0 Å². The molecule has 3 N–H and O–H groups in total. The smallest absolute Gasteiger partial charge is 0.324 e. The Balaban J connectivity index is 4.43. The van der Waals surface area contributed by atoms with Crippen molar-refractivity contribution >= 4 is 23.7 Å². The summed E-state index contributed by atoms with van der Waals surface area (Å²) in [6.45, 7) is 1.24. The zero-order valence-corrected chi connectivity index (χ0v) is 9.11. The van der Waals surface area contributed by atoms with Gasteiger partial charge >= 0.3 is 23.7 Å². The molecule has 0 saturated heterocycles. The van der Waals surface area contributed by atoms with Crippen molar-refractivity contribution in [3.05, 3.63) is 0 Å². The summed E-state index contributed by atoms with van der Waals surface area (Å²) in [7, 11) is -12.5. The zero-order valence-electron chi connectivity index (χ0n) is 6.43. The molecule has 0 aromatic heterocycles. The van der Waals surface area contributed by atoms with Gasteiger partial charge in [-0.3, -0.25) is 9.46 Å². The number of hydrogen-bond donors (Lipinski definition) is 3. The van der Waals surface area contributed by atoms with Crippen LogP contribution in [0.15, 0.2) is 0 Å². The van der Waals surface area contributed by atoms with Gasteiger partial charge < -0.3 is 4.89 Å². The minimum Gasteiger partial charge on any atom is -0.324 e. The van der Waals surface area contributed by atoms with Crippen LogP contribution >= 0.6 is 23.7 Å². The van der Waals surface area contributed by atoms with Gasteiger partial charge in [-0.1, -0.05) is 6.92 Å². The fourth-order valence-corrected chi connectivity index (χ4v) is 3.17. The summed E-state index contributed by atoms with van der Waals surface area (Å²) in [5.41, 5.74) is 0. The van der Waals surface area contributed by atoms with E-state index in [0.29, 0.717) is 0 Å². The lowest BCUT2D eigenvalue weighted by Crippen LogP contribution is -1.91. The standard InChI is InChI=1S/C2H7O8P3/c1-2-12(5,6)10-13(7,8)9-11(3)4/h2H2,1H3,(H2-,3,4,5,6,7,8)/p+1. The average molecular weight is 253 g/mol. The highest BCUT2D eigenvalue weighted by atomic mass is 31.3. The van der Waals surface area contributed by atoms with Gasteiger partial charge in [0, 0.05) is 10.7 Å². The second kappa shape index (κ2) is 4.73. The predicted octanol–water partition coefficient (Wildman–Crippen LogP) is 0.975. The van der Waals surface area contributed by atoms with Crippen LogP contribution in [-0.2, 0) is 22.3 Å². The first-order valence-corrected chi connectivity index (χ1v) is 7.29. The van der Waals surface area contributed by atoms with Crippen molar-refractivity contribution in [3.63, 3.8) is 0 Å². The maximum absolute atomic E-state index is 10.7. The Kier molecular flexibility index (Phi) is 4.86. The van der Waals surface area contributed by atoms with Gasteiger partial charge in [0.15, 0.2) is 0 Å². The highest BCUT2D eigenvalue weighted by Gasteiger charge is 2.40. The molecule has 0 aliphatic heterocycles. The molecule has 0 radical (unpaired) electrons. The molecule has 0 aliphatic carbocycles. The third-order valence-electron chi connectivity index (χ3n) is 0.803. The number of phosphoric acid groups is 1. The Labute approximate surface area is 74.6 Å². The van der Waals surface area contributed by atoms with Crippen LogP contribution in [0, 0.1) is 0 Å². The van der Waals surface area contributed by atoms with Crippen LogP contribution in [0.1, 0.15) is 6.92 Å². The Morgan fingerprint density at radius 2 is 1.85 bits per heavy atom. The van der Waals surface area contributed by atoms with Gasteiger partial charge in [-0.2, -0.15) is 0 Å². The average Bonchev–Trinajstić information content (AvgIpc) is 1.81. The third kappa shape index (κ3) is 6.43. The second-order valence-corrected chi connectivity index (χ2v) is 6.45. The van der Waals surface area contributed by atoms with Crippen LogP contribution in [0.25, 0.3) is 0 Å². The predicted molar refractivity (Wildman–Crippen MR) is 42.2 cm³/mol. The maximum atomic E-state index is 10.7. The van der Waals surface area contributed by atoms with E-state index in [9.17, 15) is 13.7 Å². The molecular formula is C2H8O8P3+. The number of rotatable bonds is 5. The molecule has 0 spiro atoms. The lowest BCUT2D eigenvalue weighted by molar-refractivity contribution is 0.263. The molecule has 0 fully saturated rings. The largest absolute Gasteiger partial charge is 0.705 e. The fraction of sp³-hybridized carbons (Fsp3) is 1.00. The molecule has 0 amide bonds. The Hall–Kier alpha value is 0.360. The summed E-state index contributed by atoms with van der Waals surface area (Å²) in [5.74, 6) is 0. The lowest BCUT2D eigenvalue weighted by Gasteiger charge is -2.09. The maximum Gasteiger partial charge on any atom is 0.705 e. The topological polar surface area (TPSA) is 130 Å². The van der Waals surface area contributed by atoms with Crippen molar-refractivity contribution < 1.29 is 37.0 Å². The van der Waals surface area contributed by atoms with E-state index in [0.717, 1.165) is 0 Å². The van der Waals surface area contributed by atoms with Gasteiger partial charge in [0.25, 0.3) is 0 Å². The normalized spacial score (nSPS) is 21.7. The summed E-state index contributed by atoms with van der Waals surface area (Å²) in [6.07, 6.45) is -0.414. The van der Waals surface area contributed by atoms with Crippen molar-refractivity contribution in [1.29, 1.82) is 0 Å². The van der Waals surface area contributed by atoms with Gasteiger partial charge in [0.05, 0.1) is 0 Å². The molecule has 0 heterocycles. The van der Waals surface area contributed by atoms with E-state index in [1.807, 2.05) is 0 Å². The molecule has 3 atom stereocenters. The summed E-state index contributed by atoms with van der Waals surface area (Å²) >= 11 is 0. The van der Waals surface area contributed by atoms with Crippen LogP contribution in [0.4, 0.5) is 0 Å². The highest BCUT2D eigenvalue weighted by Crippen LogP contribution is 2.62. The van der Waals surface area contributed by atoms with Crippen molar-refractivity contribution in [2.45, 2.75) is 6.92 Å². The highest BCUT2D eigenvalue weighted by molar-refractivity contribution is 7.66.